The van der Waals surface area contributed by atoms with Crippen molar-refractivity contribution in [3.63, 3.8) is 0 Å². The van der Waals surface area contributed by atoms with E-state index >= 15 is 0 Å². The number of methoxy groups -OCH3 is 1. The number of hydrogen-bond acceptors (Lipinski definition) is 4. The molecule has 0 radical (unpaired) electrons. The first-order valence-corrected chi connectivity index (χ1v) is 6.16. The highest BCUT2D eigenvalue weighted by atomic mass is 16.5. The van der Waals surface area contributed by atoms with Crippen molar-refractivity contribution in [1.82, 2.24) is 4.90 Å². The van der Waals surface area contributed by atoms with Gasteiger partial charge in [0.25, 0.3) is 0 Å². The quantitative estimate of drug-likeness (QED) is 0.833. The molecule has 1 aromatic carbocycles. The van der Waals surface area contributed by atoms with E-state index < -0.39 is 0 Å². The van der Waals surface area contributed by atoms with Crippen molar-refractivity contribution >= 4 is 17.7 Å². The van der Waals surface area contributed by atoms with Gasteiger partial charge in [-0.1, -0.05) is 0 Å². The molecule has 6 heteroatoms. The molecule has 0 atom stereocenters. The number of rotatable bonds is 5. The van der Waals surface area contributed by atoms with Crippen LogP contribution in [0.15, 0.2) is 24.3 Å². The van der Waals surface area contributed by atoms with Gasteiger partial charge in [-0.15, -0.1) is 0 Å². The lowest BCUT2D eigenvalue weighted by Gasteiger charge is -2.17. The predicted molar refractivity (Wildman–Crippen MR) is 74.1 cm³/mol. The maximum Gasteiger partial charge on any atom is 0.321 e. The molecule has 1 rings (SSSR count). The molecule has 1 aromatic rings. The van der Waals surface area contributed by atoms with Crippen molar-refractivity contribution in [2.75, 3.05) is 26.0 Å². The lowest BCUT2D eigenvalue weighted by atomic mass is 10.2. The molecule has 0 saturated carbocycles. The number of carbonyl (C=O) groups excluding carboxylic acids is 2. The highest BCUT2D eigenvalue weighted by Gasteiger charge is 2.09. The van der Waals surface area contributed by atoms with E-state index in [1.807, 2.05) is 6.07 Å². The second kappa shape index (κ2) is 7.79. The second-order valence-corrected chi connectivity index (χ2v) is 4.22. The minimum Gasteiger partial charge on any atom is -0.469 e. The smallest absolute Gasteiger partial charge is 0.321 e. The summed E-state index contributed by atoms with van der Waals surface area (Å²) in [4.78, 5) is 24.3. The molecule has 6 nitrogen and oxygen atoms in total. The molecular weight excluding hydrogens is 258 g/mol. The molecular formula is C14H17N3O3. The third-order valence-corrected chi connectivity index (χ3v) is 2.71. The summed E-state index contributed by atoms with van der Waals surface area (Å²) in [5.41, 5.74) is 1.16. The molecule has 0 unspecified atom stereocenters. The molecule has 0 aliphatic rings. The van der Waals surface area contributed by atoms with E-state index in [4.69, 9.17) is 5.26 Å². The fourth-order valence-corrected chi connectivity index (χ4v) is 1.51. The van der Waals surface area contributed by atoms with Crippen molar-refractivity contribution in [3.05, 3.63) is 29.8 Å². The van der Waals surface area contributed by atoms with Gasteiger partial charge in [0.05, 0.1) is 18.7 Å². The monoisotopic (exact) mass is 275 g/mol. The van der Waals surface area contributed by atoms with Crippen LogP contribution >= 0.6 is 0 Å². The Morgan fingerprint density at radius 1 is 1.35 bits per heavy atom. The zero-order chi connectivity index (χ0) is 15.0. The average molecular weight is 275 g/mol. The van der Waals surface area contributed by atoms with Gasteiger partial charge in [0, 0.05) is 25.7 Å². The van der Waals surface area contributed by atoms with Crippen LogP contribution in [0.25, 0.3) is 0 Å². The standard InChI is InChI=1S/C14H17N3O3/c1-17(9-3-4-13(18)20-2)14(19)16-12-7-5-11(10-15)6-8-12/h5-8H,3-4,9H2,1-2H3,(H,16,19). The van der Waals surface area contributed by atoms with Crippen LogP contribution in [0.2, 0.25) is 0 Å². The average Bonchev–Trinajstić information content (AvgIpc) is 2.47. The number of anilines is 1. The van der Waals surface area contributed by atoms with Crippen molar-refractivity contribution in [3.8, 4) is 6.07 Å². The lowest BCUT2D eigenvalue weighted by molar-refractivity contribution is -0.140. The van der Waals surface area contributed by atoms with Gasteiger partial charge in [-0.05, 0) is 30.7 Å². The summed E-state index contributed by atoms with van der Waals surface area (Å²) in [6, 6.07) is 8.34. The number of urea groups is 1. The second-order valence-electron chi connectivity index (χ2n) is 4.22. The van der Waals surface area contributed by atoms with Crippen LogP contribution in [0.4, 0.5) is 10.5 Å². The largest absolute Gasteiger partial charge is 0.469 e. The minimum absolute atomic E-state index is 0.264. The van der Waals surface area contributed by atoms with E-state index in [1.165, 1.54) is 12.0 Å². The first kappa shape index (κ1) is 15.5. The zero-order valence-electron chi connectivity index (χ0n) is 11.5. The fourth-order valence-electron chi connectivity index (χ4n) is 1.51. The van der Waals surface area contributed by atoms with E-state index in [0.29, 0.717) is 24.2 Å². The Bertz CT molecular complexity index is 505. The molecule has 106 valence electrons. The molecule has 0 saturated heterocycles. The topological polar surface area (TPSA) is 82.4 Å². The number of ether oxygens (including phenoxy) is 1. The molecule has 2 amide bonds. The van der Waals surface area contributed by atoms with Gasteiger partial charge in [-0.25, -0.2) is 4.79 Å². The summed E-state index contributed by atoms with van der Waals surface area (Å²) >= 11 is 0. The number of nitriles is 1. The summed E-state index contributed by atoms with van der Waals surface area (Å²) in [5.74, 6) is -0.286. The van der Waals surface area contributed by atoms with Gasteiger partial charge in [0.2, 0.25) is 0 Å². The summed E-state index contributed by atoms with van der Waals surface area (Å²) < 4.78 is 4.53. The number of hydrogen-bond donors (Lipinski definition) is 1. The van der Waals surface area contributed by atoms with Crippen LogP contribution in [-0.4, -0.2) is 37.6 Å². The molecule has 0 heterocycles. The summed E-state index contributed by atoms with van der Waals surface area (Å²) in [6.45, 7) is 0.456. The van der Waals surface area contributed by atoms with Gasteiger partial charge < -0.3 is 15.0 Å². The van der Waals surface area contributed by atoms with Crippen LogP contribution in [-0.2, 0) is 9.53 Å². The van der Waals surface area contributed by atoms with E-state index in [0.717, 1.165) is 0 Å². The molecule has 0 bridgehead atoms. The van der Waals surface area contributed by atoms with Crippen LogP contribution < -0.4 is 5.32 Å². The number of nitrogens with one attached hydrogen (secondary N) is 1. The summed E-state index contributed by atoms with van der Waals surface area (Å²) in [7, 11) is 2.99. The highest BCUT2D eigenvalue weighted by molar-refractivity contribution is 5.89. The molecule has 1 N–H and O–H groups in total. The van der Waals surface area contributed by atoms with Crippen molar-refractivity contribution in [2.24, 2.45) is 0 Å². The maximum absolute atomic E-state index is 11.8. The van der Waals surface area contributed by atoms with Crippen molar-refractivity contribution < 1.29 is 14.3 Å². The van der Waals surface area contributed by atoms with Crippen molar-refractivity contribution in [2.45, 2.75) is 12.8 Å². The normalized spacial score (nSPS) is 9.45. The third kappa shape index (κ3) is 4.98. The summed E-state index contributed by atoms with van der Waals surface area (Å²) in [6.07, 6.45) is 0.828. The number of benzene rings is 1. The molecule has 0 aliphatic heterocycles. The Labute approximate surface area is 117 Å². The third-order valence-electron chi connectivity index (χ3n) is 2.71. The van der Waals surface area contributed by atoms with E-state index in [2.05, 4.69) is 10.1 Å². The van der Waals surface area contributed by atoms with Gasteiger partial charge in [0.15, 0.2) is 0 Å². The zero-order valence-corrected chi connectivity index (χ0v) is 11.5. The van der Waals surface area contributed by atoms with Crippen molar-refractivity contribution in [1.29, 1.82) is 5.26 Å². The number of amides is 2. The Balaban J connectivity index is 2.41. The van der Waals surface area contributed by atoms with E-state index in [-0.39, 0.29) is 18.4 Å². The Morgan fingerprint density at radius 2 is 2.00 bits per heavy atom. The molecule has 0 aliphatic carbocycles. The van der Waals surface area contributed by atoms with Gasteiger partial charge in [-0.2, -0.15) is 5.26 Å². The van der Waals surface area contributed by atoms with Gasteiger partial charge >= 0.3 is 12.0 Å². The molecule has 0 aromatic heterocycles. The van der Waals surface area contributed by atoms with Gasteiger partial charge in [-0.3, -0.25) is 4.79 Å². The SMILES string of the molecule is COC(=O)CCCN(C)C(=O)Nc1ccc(C#N)cc1. The number of nitrogens with zero attached hydrogens (tertiary/aromatic N) is 2. The van der Waals surface area contributed by atoms with E-state index in [9.17, 15) is 9.59 Å². The molecule has 20 heavy (non-hydrogen) atoms. The minimum atomic E-state index is -0.286. The summed E-state index contributed by atoms with van der Waals surface area (Å²) in [5, 5.41) is 11.4. The fraction of sp³-hybridized carbons (Fsp3) is 0.357. The van der Waals surface area contributed by atoms with Crippen LogP contribution in [0.3, 0.4) is 0 Å². The van der Waals surface area contributed by atoms with E-state index in [1.54, 1.807) is 31.3 Å². The Hall–Kier alpha value is -2.55. The highest BCUT2D eigenvalue weighted by Crippen LogP contribution is 2.09. The predicted octanol–water partition coefficient (Wildman–Crippen LogP) is 1.98. The molecule has 0 spiro atoms. The van der Waals surface area contributed by atoms with Crippen LogP contribution in [0.5, 0.6) is 0 Å². The van der Waals surface area contributed by atoms with Gasteiger partial charge in [0.1, 0.15) is 0 Å². The van der Waals surface area contributed by atoms with Crippen LogP contribution in [0.1, 0.15) is 18.4 Å². The van der Waals surface area contributed by atoms with Crippen LogP contribution in [0, 0.1) is 11.3 Å². The number of esters is 1. The first-order valence-electron chi connectivity index (χ1n) is 6.16. The Morgan fingerprint density at radius 3 is 2.55 bits per heavy atom. The Kier molecular flexibility index (Phi) is 6.04. The maximum atomic E-state index is 11.8. The number of carbonyl (C=O) groups is 2. The first-order chi connectivity index (χ1) is 9.56. The molecule has 0 fully saturated rings. The lowest BCUT2D eigenvalue weighted by Crippen LogP contribution is -2.32.